The van der Waals surface area contributed by atoms with E-state index in [0.29, 0.717) is 16.4 Å². The summed E-state index contributed by atoms with van der Waals surface area (Å²) in [5, 5.41) is 8.22. The van der Waals surface area contributed by atoms with Gasteiger partial charge >= 0.3 is 0 Å². The fourth-order valence-electron chi connectivity index (χ4n) is 2.20. The van der Waals surface area contributed by atoms with Gasteiger partial charge in [-0.2, -0.15) is 0 Å². The van der Waals surface area contributed by atoms with Crippen LogP contribution in [0, 0.1) is 0 Å². The molecule has 2 aromatic rings. The number of nitrogens with one attached hydrogen (secondary N) is 2. The van der Waals surface area contributed by atoms with Crippen LogP contribution in [0.1, 0.15) is 41.0 Å². The molecule has 1 unspecified atom stereocenters. The van der Waals surface area contributed by atoms with Gasteiger partial charge in [0, 0.05) is 18.0 Å². The monoisotopic (exact) mass is 350 g/mol. The summed E-state index contributed by atoms with van der Waals surface area (Å²) in [7, 11) is 0. The number of hydrogen-bond donors (Lipinski definition) is 2. The lowest BCUT2D eigenvalue weighted by Gasteiger charge is -2.17. The van der Waals surface area contributed by atoms with Gasteiger partial charge in [-0.25, -0.2) is 0 Å². The normalized spacial score (nSPS) is 11.7. The number of rotatable bonds is 7. The van der Waals surface area contributed by atoms with Crippen molar-refractivity contribution in [3.63, 3.8) is 0 Å². The zero-order chi connectivity index (χ0) is 16.7. The Kier molecular flexibility index (Phi) is 6.62. The molecule has 23 heavy (non-hydrogen) atoms. The number of carbonyl (C=O) groups excluding carboxylic acids is 2. The quantitative estimate of drug-likeness (QED) is 0.798. The summed E-state index contributed by atoms with van der Waals surface area (Å²) in [6.07, 6.45) is 1.02. The number of benzene rings is 1. The molecule has 6 heteroatoms. The van der Waals surface area contributed by atoms with E-state index in [1.165, 1.54) is 11.3 Å². The van der Waals surface area contributed by atoms with Gasteiger partial charge in [0.25, 0.3) is 5.91 Å². The highest BCUT2D eigenvalue weighted by Gasteiger charge is 2.13. The Labute approximate surface area is 144 Å². The molecule has 1 atom stereocenters. The van der Waals surface area contributed by atoms with Crippen molar-refractivity contribution in [1.29, 1.82) is 0 Å². The van der Waals surface area contributed by atoms with Gasteiger partial charge < -0.3 is 10.6 Å². The zero-order valence-electron chi connectivity index (χ0n) is 12.8. The Morgan fingerprint density at radius 2 is 2.09 bits per heavy atom. The van der Waals surface area contributed by atoms with Crippen LogP contribution in [0.5, 0.6) is 0 Å². The van der Waals surface area contributed by atoms with Gasteiger partial charge in [0.15, 0.2) is 0 Å². The summed E-state index contributed by atoms with van der Waals surface area (Å²) in [6.45, 7) is 2.32. The SMILES string of the molecule is CCC(NC(=O)CCNC(=O)c1cccs1)c1cccc(Cl)c1. The van der Waals surface area contributed by atoms with Gasteiger partial charge in [-0.1, -0.05) is 36.7 Å². The lowest BCUT2D eigenvalue weighted by atomic mass is 10.0. The number of amides is 2. The molecular formula is C17H19ClN2O2S. The highest BCUT2D eigenvalue weighted by molar-refractivity contribution is 7.12. The van der Waals surface area contributed by atoms with Gasteiger partial charge in [-0.05, 0) is 35.6 Å². The maximum absolute atomic E-state index is 12.0. The molecule has 4 nitrogen and oxygen atoms in total. The Hall–Kier alpha value is -1.85. The summed E-state index contributed by atoms with van der Waals surface area (Å²) in [6, 6.07) is 11.0. The second-order valence-electron chi connectivity index (χ2n) is 5.07. The van der Waals surface area contributed by atoms with E-state index < -0.39 is 0 Å². The topological polar surface area (TPSA) is 58.2 Å². The van der Waals surface area contributed by atoms with E-state index in [4.69, 9.17) is 11.6 Å². The van der Waals surface area contributed by atoms with Gasteiger partial charge in [0.05, 0.1) is 10.9 Å². The first-order valence-electron chi connectivity index (χ1n) is 7.46. The second-order valence-corrected chi connectivity index (χ2v) is 6.45. The minimum Gasteiger partial charge on any atom is -0.351 e. The molecule has 0 radical (unpaired) electrons. The van der Waals surface area contributed by atoms with Crippen LogP contribution in [0.3, 0.4) is 0 Å². The van der Waals surface area contributed by atoms with Crippen molar-refractivity contribution in [3.8, 4) is 0 Å². The highest BCUT2D eigenvalue weighted by atomic mass is 35.5. The van der Waals surface area contributed by atoms with Crippen molar-refractivity contribution in [2.45, 2.75) is 25.8 Å². The molecule has 0 aliphatic rings. The lowest BCUT2D eigenvalue weighted by molar-refractivity contribution is -0.121. The maximum Gasteiger partial charge on any atom is 0.261 e. The van der Waals surface area contributed by atoms with E-state index >= 15 is 0 Å². The Morgan fingerprint density at radius 3 is 2.74 bits per heavy atom. The van der Waals surface area contributed by atoms with Crippen molar-refractivity contribution in [1.82, 2.24) is 10.6 Å². The summed E-state index contributed by atoms with van der Waals surface area (Å²) in [4.78, 5) is 24.5. The largest absolute Gasteiger partial charge is 0.351 e. The van der Waals surface area contributed by atoms with Crippen LogP contribution in [-0.4, -0.2) is 18.4 Å². The summed E-state index contributed by atoms with van der Waals surface area (Å²) in [5.41, 5.74) is 0.982. The van der Waals surface area contributed by atoms with Crippen LogP contribution in [-0.2, 0) is 4.79 Å². The Balaban J connectivity index is 1.80. The molecule has 0 spiro atoms. The van der Waals surface area contributed by atoms with Crippen molar-refractivity contribution >= 4 is 34.8 Å². The standard InChI is InChI=1S/C17H19ClN2O2S/c1-2-14(12-5-3-6-13(18)11-12)20-16(21)8-9-19-17(22)15-7-4-10-23-15/h3-7,10-11,14H,2,8-9H2,1H3,(H,19,22)(H,20,21). The molecule has 0 fully saturated rings. The zero-order valence-corrected chi connectivity index (χ0v) is 14.4. The van der Waals surface area contributed by atoms with E-state index in [-0.39, 0.29) is 24.3 Å². The van der Waals surface area contributed by atoms with Crippen molar-refractivity contribution in [3.05, 3.63) is 57.2 Å². The minimum atomic E-state index is -0.144. The molecular weight excluding hydrogens is 332 g/mol. The van der Waals surface area contributed by atoms with Gasteiger partial charge in [-0.15, -0.1) is 11.3 Å². The van der Waals surface area contributed by atoms with Crippen LogP contribution in [0.25, 0.3) is 0 Å². The number of hydrogen-bond acceptors (Lipinski definition) is 3. The van der Waals surface area contributed by atoms with Gasteiger partial charge in [0.1, 0.15) is 0 Å². The molecule has 0 saturated heterocycles. The molecule has 0 aliphatic heterocycles. The van der Waals surface area contributed by atoms with E-state index in [1.54, 1.807) is 12.1 Å². The first kappa shape index (κ1) is 17.5. The van der Waals surface area contributed by atoms with Gasteiger partial charge in [-0.3, -0.25) is 9.59 Å². The van der Waals surface area contributed by atoms with Crippen molar-refractivity contribution in [2.75, 3.05) is 6.54 Å². The van der Waals surface area contributed by atoms with Crippen LogP contribution in [0.2, 0.25) is 5.02 Å². The number of halogens is 1. The minimum absolute atomic E-state index is 0.0748. The molecule has 2 N–H and O–H groups in total. The van der Waals surface area contributed by atoms with E-state index in [0.717, 1.165) is 12.0 Å². The van der Waals surface area contributed by atoms with Gasteiger partial charge in [0.2, 0.25) is 5.91 Å². The Bertz CT molecular complexity index is 658. The lowest BCUT2D eigenvalue weighted by Crippen LogP contribution is -2.32. The smallest absolute Gasteiger partial charge is 0.261 e. The van der Waals surface area contributed by atoms with Crippen LogP contribution in [0.4, 0.5) is 0 Å². The molecule has 122 valence electrons. The van der Waals surface area contributed by atoms with E-state index in [1.807, 2.05) is 36.6 Å². The predicted octanol–water partition coefficient (Wildman–Crippen LogP) is 3.79. The fourth-order valence-corrected chi connectivity index (χ4v) is 3.03. The molecule has 1 aromatic heterocycles. The van der Waals surface area contributed by atoms with E-state index in [2.05, 4.69) is 10.6 Å². The first-order chi connectivity index (χ1) is 11.1. The third kappa shape index (κ3) is 5.37. The highest BCUT2D eigenvalue weighted by Crippen LogP contribution is 2.20. The summed E-state index contributed by atoms with van der Waals surface area (Å²) >= 11 is 7.37. The van der Waals surface area contributed by atoms with Crippen LogP contribution in [0.15, 0.2) is 41.8 Å². The molecule has 1 heterocycles. The maximum atomic E-state index is 12.0. The van der Waals surface area contributed by atoms with Crippen LogP contribution < -0.4 is 10.6 Å². The molecule has 0 bridgehead atoms. The molecule has 2 amide bonds. The summed E-state index contributed by atoms with van der Waals surface area (Å²) in [5.74, 6) is -0.238. The fraction of sp³-hybridized carbons (Fsp3) is 0.294. The Morgan fingerprint density at radius 1 is 1.26 bits per heavy atom. The molecule has 1 aromatic carbocycles. The molecule has 2 rings (SSSR count). The molecule has 0 aliphatic carbocycles. The van der Waals surface area contributed by atoms with Crippen molar-refractivity contribution < 1.29 is 9.59 Å². The third-order valence-electron chi connectivity index (χ3n) is 3.38. The number of thiophene rings is 1. The summed E-state index contributed by atoms with van der Waals surface area (Å²) < 4.78 is 0. The van der Waals surface area contributed by atoms with Crippen LogP contribution >= 0.6 is 22.9 Å². The average molecular weight is 351 g/mol. The second kappa shape index (κ2) is 8.70. The van der Waals surface area contributed by atoms with E-state index in [9.17, 15) is 9.59 Å². The van der Waals surface area contributed by atoms with Crippen molar-refractivity contribution in [2.24, 2.45) is 0 Å². The first-order valence-corrected chi connectivity index (χ1v) is 8.72. The third-order valence-corrected chi connectivity index (χ3v) is 4.48. The predicted molar refractivity (Wildman–Crippen MR) is 93.9 cm³/mol. The molecule has 0 saturated carbocycles. The average Bonchev–Trinajstić information content (AvgIpc) is 3.07. The number of carbonyl (C=O) groups is 2.